The Balaban J connectivity index is 1.65. The van der Waals surface area contributed by atoms with Crippen LogP contribution in [0.15, 0.2) is 36.8 Å². The third-order valence-corrected chi connectivity index (χ3v) is 4.82. The van der Waals surface area contributed by atoms with Gasteiger partial charge < -0.3 is 25.5 Å². The summed E-state index contributed by atoms with van der Waals surface area (Å²) in [4.78, 5) is 8.12. The third-order valence-electron chi connectivity index (χ3n) is 4.57. The monoisotopic (exact) mass is 392 g/mol. The van der Waals surface area contributed by atoms with Gasteiger partial charge >= 0.3 is 0 Å². The summed E-state index contributed by atoms with van der Waals surface area (Å²) in [7, 11) is 0. The lowest BCUT2D eigenvalue weighted by molar-refractivity contribution is -0.0884. The molecule has 6 N–H and O–H groups in total. The van der Waals surface area contributed by atoms with E-state index >= 15 is 0 Å². The number of aliphatic hydroxyl groups is 3. The summed E-state index contributed by atoms with van der Waals surface area (Å²) in [6, 6.07) is 6.49. The van der Waals surface area contributed by atoms with Crippen molar-refractivity contribution < 1.29 is 20.1 Å². The van der Waals surface area contributed by atoms with Gasteiger partial charge in [-0.05, 0) is 17.7 Å². The first-order chi connectivity index (χ1) is 13.0. The number of hydrogen-bond acceptors (Lipinski definition) is 9. The normalized spacial score (nSPS) is 26.4. The number of hydrogen-bond donors (Lipinski definition) is 5. The van der Waals surface area contributed by atoms with Gasteiger partial charge in [-0.25, -0.2) is 20.5 Å². The van der Waals surface area contributed by atoms with Crippen molar-refractivity contribution >= 4 is 28.5 Å². The van der Waals surface area contributed by atoms with Gasteiger partial charge in [-0.3, -0.25) is 0 Å². The molecule has 10 nitrogen and oxygen atoms in total. The van der Waals surface area contributed by atoms with E-state index in [1.54, 1.807) is 24.3 Å². The summed E-state index contributed by atoms with van der Waals surface area (Å²) in [6.45, 7) is 0. The highest BCUT2D eigenvalue weighted by atomic mass is 35.5. The molecule has 1 aromatic carbocycles. The molecule has 5 atom stereocenters. The highest BCUT2D eigenvalue weighted by molar-refractivity contribution is 6.30. The lowest BCUT2D eigenvalue weighted by Gasteiger charge is -2.21. The van der Waals surface area contributed by atoms with Gasteiger partial charge in [-0.2, -0.15) is 5.10 Å². The van der Waals surface area contributed by atoms with Crippen LogP contribution in [0.25, 0.3) is 11.0 Å². The van der Waals surface area contributed by atoms with Crippen molar-refractivity contribution in [3.05, 3.63) is 47.4 Å². The molecule has 11 heteroatoms. The van der Waals surface area contributed by atoms with E-state index in [-0.39, 0.29) is 0 Å². The van der Waals surface area contributed by atoms with Gasteiger partial charge in [0.25, 0.3) is 0 Å². The van der Waals surface area contributed by atoms with Crippen LogP contribution in [0.5, 0.6) is 0 Å². The molecule has 142 valence electrons. The Kier molecular flexibility index (Phi) is 4.68. The molecule has 0 spiro atoms. The molecule has 3 heterocycles. The van der Waals surface area contributed by atoms with Crippen molar-refractivity contribution in [3.8, 4) is 0 Å². The van der Waals surface area contributed by atoms with Crippen LogP contribution in [0.3, 0.4) is 0 Å². The topological polar surface area (TPSA) is 152 Å². The van der Waals surface area contributed by atoms with Crippen molar-refractivity contribution in [1.82, 2.24) is 19.7 Å². The van der Waals surface area contributed by atoms with Crippen molar-refractivity contribution in [3.63, 3.8) is 0 Å². The second-order valence-electron chi connectivity index (χ2n) is 6.16. The second-order valence-corrected chi connectivity index (χ2v) is 6.60. The van der Waals surface area contributed by atoms with E-state index < -0.39 is 30.6 Å². The number of nitrogen functional groups attached to an aromatic ring is 1. The minimum absolute atomic E-state index is 0.357. The SMILES string of the molecule is NNc1ncnc2c1cnn2[C@@H]1O[C@H]([C@H](O)c2ccc(Cl)cc2)[C@@H](O)[C@H]1O. The molecule has 0 amide bonds. The number of nitrogens with zero attached hydrogens (tertiary/aromatic N) is 4. The number of rotatable bonds is 4. The Hall–Kier alpha value is -2.34. The van der Waals surface area contributed by atoms with E-state index in [4.69, 9.17) is 22.2 Å². The molecular weight excluding hydrogens is 376 g/mol. The molecule has 0 bridgehead atoms. The van der Waals surface area contributed by atoms with Gasteiger partial charge in [-0.1, -0.05) is 23.7 Å². The molecule has 27 heavy (non-hydrogen) atoms. The Labute approximate surface area is 158 Å². The molecule has 3 aromatic rings. The quantitative estimate of drug-likeness (QED) is 0.308. The fraction of sp³-hybridized carbons (Fsp3) is 0.312. The van der Waals surface area contributed by atoms with Crippen LogP contribution in [-0.2, 0) is 4.74 Å². The first kappa shape index (κ1) is 18.0. The van der Waals surface area contributed by atoms with E-state index in [9.17, 15) is 15.3 Å². The zero-order valence-electron chi connectivity index (χ0n) is 13.8. The summed E-state index contributed by atoms with van der Waals surface area (Å²) in [5, 5.41) is 36.7. The van der Waals surface area contributed by atoms with E-state index in [2.05, 4.69) is 20.5 Å². The lowest BCUT2D eigenvalue weighted by atomic mass is 9.99. The highest BCUT2D eigenvalue weighted by Gasteiger charge is 2.48. The average Bonchev–Trinajstić information content (AvgIpc) is 3.23. The highest BCUT2D eigenvalue weighted by Crippen LogP contribution is 2.37. The summed E-state index contributed by atoms with van der Waals surface area (Å²) >= 11 is 5.86. The zero-order valence-corrected chi connectivity index (χ0v) is 14.6. The maximum absolute atomic E-state index is 10.6. The number of benzene rings is 1. The molecular formula is C16H17ClN6O4. The Bertz CT molecular complexity index is 952. The molecule has 1 aliphatic heterocycles. The van der Waals surface area contributed by atoms with Crippen molar-refractivity contribution in [1.29, 1.82) is 0 Å². The molecule has 1 aliphatic rings. The van der Waals surface area contributed by atoms with Crippen LogP contribution in [0.4, 0.5) is 5.82 Å². The minimum atomic E-state index is -1.34. The van der Waals surface area contributed by atoms with Gasteiger partial charge in [0.05, 0.1) is 11.6 Å². The van der Waals surface area contributed by atoms with Crippen LogP contribution in [-0.4, -0.2) is 53.4 Å². The number of halogens is 1. The van der Waals surface area contributed by atoms with Gasteiger partial charge in [-0.15, -0.1) is 0 Å². The molecule has 0 saturated carbocycles. The number of ether oxygens (including phenoxy) is 1. The van der Waals surface area contributed by atoms with Crippen molar-refractivity contribution in [2.24, 2.45) is 5.84 Å². The van der Waals surface area contributed by atoms with Crippen LogP contribution in [0.1, 0.15) is 17.9 Å². The van der Waals surface area contributed by atoms with E-state index in [1.165, 1.54) is 17.2 Å². The average molecular weight is 393 g/mol. The summed E-state index contributed by atoms with van der Waals surface area (Å²) in [5.74, 6) is 5.78. The zero-order chi connectivity index (χ0) is 19.1. The van der Waals surface area contributed by atoms with Crippen LogP contribution in [0, 0.1) is 0 Å². The van der Waals surface area contributed by atoms with Gasteiger partial charge in [0, 0.05) is 5.02 Å². The maximum Gasteiger partial charge on any atom is 0.181 e. The van der Waals surface area contributed by atoms with E-state index in [0.29, 0.717) is 27.4 Å². The smallest absolute Gasteiger partial charge is 0.181 e. The standard InChI is InChI=1S/C16H17ClN6O4/c17-8-3-1-7(2-4-8)10(24)13-11(25)12(26)16(27-13)23-15-9(5-21-23)14(22-18)19-6-20-15/h1-6,10-13,16,24-26H,18H2,(H,19,20,22)/t10-,11+,12-,13-,16-/m1/s1. The first-order valence-corrected chi connectivity index (χ1v) is 8.49. The molecule has 1 fully saturated rings. The van der Waals surface area contributed by atoms with Crippen LogP contribution < -0.4 is 11.3 Å². The Morgan fingerprint density at radius 3 is 2.63 bits per heavy atom. The predicted octanol–water partition coefficient (Wildman–Crippen LogP) is 0.118. The van der Waals surface area contributed by atoms with E-state index in [1.807, 2.05) is 0 Å². The van der Waals surface area contributed by atoms with Crippen LogP contribution in [0.2, 0.25) is 5.02 Å². The number of aliphatic hydroxyl groups excluding tert-OH is 3. The van der Waals surface area contributed by atoms with Gasteiger partial charge in [0.2, 0.25) is 0 Å². The summed E-state index contributed by atoms with van der Waals surface area (Å²) in [5.41, 5.74) is 3.29. The molecule has 2 aromatic heterocycles. The number of anilines is 1. The number of nitrogens with one attached hydrogen (secondary N) is 1. The Morgan fingerprint density at radius 2 is 1.93 bits per heavy atom. The maximum atomic E-state index is 10.6. The van der Waals surface area contributed by atoms with Crippen molar-refractivity contribution in [2.75, 3.05) is 5.43 Å². The molecule has 0 radical (unpaired) electrons. The van der Waals surface area contributed by atoms with Gasteiger partial charge in [0.15, 0.2) is 17.7 Å². The number of nitrogens with two attached hydrogens (primary N) is 1. The van der Waals surface area contributed by atoms with Crippen molar-refractivity contribution in [2.45, 2.75) is 30.6 Å². The summed E-state index contributed by atoms with van der Waals surface area (Å²) < 4.78 is 7.08. The fourth-order valence-electron chi connectivity index (χ4n) is 3.16. The number of aromatic nitrogens is 4. The predicted molar refractivity (Wildman–Crippen MR) is 95.5 cm³/mol. The molecule has 1 saturated heterocycles. The van der Waals surface area contributed by atoms with E-state index in [0.717, 1.165) is 0 Å². The lowest BCUT2D eigenvalue weighted by Crippen LogP contribution is -2.35. The summed E-state index contributed by atoms with van der Waals surface area (Å²) in [6.07, 6.45) is -3.21. The fourth-order valence-corrected chi connectivity index (χ4v) is 3.29. The van der Waals surface area contributed by atoms with Crippen LogP contribution >= 0.6 is 11.6 Å². The second kappa shape index (κ2) is 7.00. The number of hydrazine groups is 1. The minimum Gasteiger partial charge on any atom is -0.387 e. The Morgan fingerprint density at radius 1 is 1.19 bits per heavy atom. The largest absolute Gasteiger partial charge is 0.387 e. The van der Waals surface area contributed by atoms with Gasteiger partial charge in [0.1, 0.15) is 30.7 Å². The molecule has 4 rings (SSSR count). The molecule has 0 unspecified atom stereocenters. The first-order valence-electron chi connectivity index (χ1n) is 8.11. The molecule has 0 aliphatic carbocycles. The number of fused-ring (bicyclic) bond motifs is 1. The third kappa shape index (κ3) is 3.02.